The molecule has 5 nitrogen and oxygen atoms in total. The molecule has 2 aliphatic carbocycles. The van der Waals surface area contributed by atoms with Gasteiger partial charge in [0.15, 0.2) is 5.96 Å². The van der Waals surface area contributed by atoms with Gasteiger partial charge < -0.3 is 20.3 Å². The van der Waals surface area contributed by atoms with Crippen molar-refractivity contribution in [2.45, 2.75) is 71.1 Å². The van der Waals surface area contributed by atoms with Gasteiger partial charge in [0.2, 0.25) is 0 Å². The Balaban J connectivity index is 1.29. The maximum Gasteiger partial charge on any atom is 0.191 e. The molecule has 142 valence electrons. The summed E-state index contributed by atoms with van der Waals surface area (Å²) in [6, 6.07) is 1.04. The predicted molar refractivity (Wildman–Crippen MR) is 102 cm³/mol. The summed E-state index contributed by atoms with van der Waals surface area (Å²) in [5.74, 6) is 2.68. The van der Waals surface area contributed by atoms with Gasteiger partial charge in [0, 0.05) is 56.2 Å². The van der Waals surface area contributed by atoms with E-state index < -0.39 is 0 Å². The molecule has 0 bridgehead atoms. The van der Waals surface area contributed by atoms with Gasteiger partial charge in [-0.2, -0.15) is 0 Å². The largest absolute Gasteiger partial charge is 0.377 e. The van der Waals surface area contributed by atoms with Crippen LogP contribution in [0.4, 0.5) is 0 Å². The van der Waals surface area contributed by atoms with Crippen LogP contribution in [0, 0.1) is 17.3 Å². The Morgan fingerprint density at radius 1 is 1.12 bits per heavy atom. The molecule has 2 saturated heterocycles. The monoisotopic (exact) mass is 348 g/mol. The van der Waals surface area contributed by atoms with E-state index in [1.54, 1.807) is 0 Å². The fourth-order valence-corrected chi connectivity index (χ4v) is 5.17. The molecule has 4 aliphatic rings. The molecule has 2 N–H and O–H groups in total. The quantitative estimate of drug-likeness (QED) is 0.591. The van der Waals surface area contributed by atoms with Crippen molar-refractivity contribution in [2.75, 3.05) is 32.8 Å². The number of nitrogens with one attached hydrogen (secondary N) is 2. The normalized spacial score (nSPS) is 36.0. The van der Waals surface area contributed by atoms with Crippen molar-refractivity contribution in [3.63, 3.8) is 0 Å². The molecule has 0 radical (unpaired) electrons. The van der Waals surface area contributed by atoms with Crippen LogP contribution in [0.5, 0.6) is 0 Å². The maximum absolute atomic E-state index is 5.93. The molecule has 3 unspecified atom stereocenters. The lowest BCUT2D eigenvalue weighted by molar-refractivity contribution is -0.106. The van der Waals surface area contributed by atoms with E-state index in [0.29, 0.717) is 24.1 Å². The minimum Gasteiger partial charge on any atom is -0.377 e. The Bertz CT molecular complexity index is 494. The van der Waals surface area contributed by atoms with Crippen molar-refractivity contribution in [1.29, 1.82) is 0 Å². The number of hydrogen-bond donors (Lipinski definition) is 2. The van der Waals surface area contributed by atoms with E-state index in [0.717, 1.165) is 25.0 Å². The second kappa shape index (κ2) is 7.07. The lowest BCUT2D eigenvalue weighted by Gasteiger charge is -2.55. The summed E-state index contributed by atoms with van der Waals surface area (Å²) in [7, 11) is 0. The Morgan fingerprint density at radius 3 is 2.56 bits per heavy atom. The first-order chi connectivity index (χ1) is 12.1. The fourth-order valence-electron chi connectivity index (χ4n) is 5.17. The van der Waals surface area contributed by atoms with Gasteiger partial charge >= 0.3 is 0 Å². The van der Waals surface area contributed by atoms with Crippen molar-refractivity contribution in [2.24, 2.45) is 22.2 Å². The molecule has 2 saturated carbocycles. The summed E-state index contributed by atoms with van der Waals surface area (Å²) in [6.07, 6.45) is 7.00. The van der Waals surface area contributed by atoms with Crippen molar-refractivity contribution in [3.05, 3.63) is 0 Å². The average Bonchev–Trinajstić information content (AvgIpc) is 3.28. The summed E-state index contributed by atoms with van der Waals surface area (Å²) in [5.41, 5.74) is 0.199. The Morgan fingerprint density at radius 2 is 1.88 bits per heavy atom. The van der Waals surface area contributed by atoms with Crippen LogP contribution >= 0.6 is 0 Å². The molecule has 4 fully saturated rings. The highest BCUT2D eigenvalue weighted by atomic mass is 16.5. The SMILES string of the molecule is CCN=C(NC1CCN(CC2CC2)CC1)NC1C2CCOC2C1(C)C. The molecule has 0 aromatic rings. The highest BCUT2D eigenvalue weighted by molar-refractivity contribution is 5.80. The van der Waals surface area contributed by atoms with Gasteiger partial charge in [-0.15, -0.1) is 0 Å². The fraction of sp³-hybridized carbons (Fsp3) is 0.950. The molecule has 2 heterocycles. The first-order valence-electron chi connectivity index (χ1n) is 10.5. The third-order valence-electron chi connectivity index (χ3n) is 6.85. The Labute approximate surface area is 153 Å². The van der Waals surface area contributed by atoms with E-state index in [2.05, 4.69) is 36.3 Å². The highest BCUT2D eigenvalue weighted by Gasteiger charge is 2.59. The molecule has 0 aromatic heterocycles. The number of fused-ring (bicyclic) bond motifs is 1. The van der Waals surface area contributed by atoms with Gasteiger partial charge in [0.25, 0.3) is 0 Å². The van der Waals surface area contributed by atoms with Crippen molar-refractivity contribution in [3.8, 4) is 0 Å². The van der Waals surface area contributed by atoms with E-state index in [1.807, 2.05) is 0 Å². The topological polar surface area (TPSA) is 48.9 Å². The lowest BCUT2D eigenvalue weighted by Crippen LogP contribution is -2.68. The Kier molecular flexibility index (Phi) is 4.98. The molecule has 3 atom stereocenters. The summed E-state index contributed by atoms with van der Waals surface area (Å²) in [5, 5.41) is 7.50. The first-order valence-corrected chi connectivity index (χ1v) is 10.5. The van der Waals surface area contributed by atoms with E-state index in [1.165, 1.54) is 51.7 Å². The minimum atomic E-state index is 0.199. The predicted octanol–water partition coefficient (Wildman–Crippen LogP) is 2.23. The maximum atomic E-state index is 5.93. The van der Waals surface area contributed by atoms with E-state index >= 15 is 0 Å². The van der Waals surface area contributed by atoms with Crippen molar-refractivity contribution >= 4 is 5.96 Å². The standard InChI is InChI=1S/C20H36N4O/c1-4-21-19(23-17-16-9-12-25-18(16)20(17,2)3)22-15-7-10-24(11-8-15)13-14-5-6-14/h14-18H,4-13H2,1-3H3,(H2,21,22,23). The van der Waals surface area contributed by atoms with Crippen LogP contribution in [0.25, 0.3) is 0 Å². The molecule has 5 heteroatoms. The number of ether oxygens (including phenoxy) is 1. The van der Waals surface area contributed by atoms with Crippen LogP contribution in [-0.4, -0.2) is 61.8 Å². The van der Waals surface area contributed by atoms with E-state index in [9.17, 15) is 0 Å². The summed E-state index contributed by atoms with van der Waals surface area (Å²) < 4.78 is 5.93. The average molecular weight is 349 g/mol. The van der Waals surface area contributed by atoms with Crippen LogP contribution in [0.1, 0.15) is 52.9 Å². The van der Waals surface area contributed by atoms with Crippen LogP contribution in [0.3, 0.4) is 0 Å². The number of nitrogens with zero attached hydrogens (tertiary/aromatic N) is 2. The number of hydrogen-bond acceptors (Lipinski definition) is 3. The summed E-state index contributed by atoms with van der Waals surface area (Å²) in [4.78, 5) is 7.40. The lowest BCUT2D eigenvalue weighted by atomic mass is 9.57. The van der Waals surface area contributed by atoms with Crippen LogP contribution in [-0.2, 0) is 4.74 Å². The molecule has 25 heavy (non-hydrogen) atoms. The zero-order valence-electron chi connectivity index (χ0n) is 16.3. The number of likely N-dealkylation sites (tertiary alicyclic amines) is 1. The zero-order valence-corrected chi connectivity index (χ0v) is 16.3. The zero-order chi connectivity index (χ0) is 17.4. The van der Waals surface area contributed by atoms with Crippen LogP contribution < -0.4 is 10.6 Å². The molecule has 0 amide bonds. The molecular weight excluding hydrogens is 312 g/mol. The molecule has 4 rings (SSSR count). The third-order valence-corrected chi connectivity index (χ3v) is 6.85. The van der Waals surface area contributed by atoms with E-state index in [4.69, 9.17) is 9.73 Å². The van der Waals surface area contributed by atoms with Gasteiger partial charge in [-0.25, -0.2) is 0 Å². The second-order valence-corrected chi connectivity index (χ2v) is 9.17. The van der Waals surface area contributed by atoms with Gasteiger partial charge in [-0.05, 0) is 44.9 Å². The molecule has 0 spiro atoms. The molecule has 0 aromatic carbocycles. The first kappa shape index (κ1) is 17.6. The van der Waals surface area contributed by atoms with Gasteiger partial charge in [0.05, 0.1) is 6.10 Å². The third kappa shape index (κ3) is 3.68. The number of guanidine groups is 1. The molecule has 2 aliphatic heterocycles. The van der Waals surface area contributed by atoms with Crippen molar-refractivity contribution < 1.29 is 4.74 Å². The van der Waals surface area contributed by atoms with Crippen molar-refractivity contribution in [1.82, 2.24) is 15.5 Å². The van der Waals surface area contributed by atoms with Gasteiger partial charge in [-0.1, -0.05) is 13.8 Å². The minimum absolute atomic E-state index is 0.199. The van der Waals surface area contributed by atoms with Crippen LogP contribution in [0.15, 0.2) is 4.99 Å². The van der Waals surface area contributed by atoms with E-state index in [-0.39, 0.29) is 5.41 Å². The van der Waals surface area contributed by atoms with Gasteiger partial charge in [-0.3, -0.25) is 4.99 Å². The summed E-state index contributed by atoms with van der Waals surface area (Å²) in [6.45, 7) is 12.3. The summed E-state index contributed by atoms with van der Waals surface area (Å²) >= 11 is 0. The Hall–Kier alpha value is -0.810. The molecular formula is C20H36N4O. The highest BCUT2D eigenvalue weighted by Crippen LogP contribution is 2.52. The number of rotatable bonds is 5. The van der Waals surface area contributed by atoms with Gasteiger partial charge in [0.1, 0.15) is 0 Å². The number of piperidine rings is 1. The van der Waals surface area contributed by atoms with Crippen LogP contribution in [0.2, 0.25) is 0 Å². The smallest absolute Gasteiger partial charge is 0.191 e. The number of aliphatic imine (C=N–C) groups is 1. The second-order valence-electron chi connectivity index (χ2n) is 9.17.